The van der Waals surface area contributed by atoms with E-state index in [0.717, 1.165) is 6.54 Å². The highest BCUT2D eigenvalue weighted by molar-refractivity contribution is 5.64. The minimum atomic E-state index is -0.334. The molecule has 0 radical (unpaired) electrons. The van der Waals surface area contributed by atoms with Crippen LogP contribution in [0.15, 0.2) is 22.2 Å². The van der Waals surface area contributed by atoms with Crippen molar-refractivity contribution >= 4 is 6.21 Å². The van der Waals surface area contributed by atoms with Crippen molar-refractivity contribution in [3.05, 3.63) is 28.2 Å². The molecule has 6 heteroatoms. The van der Waals surface area contributed by atoms with Crippen LogP contribution in [0.5, 0.6) is 0 Å². The Kier molecular flexibility index (Phi) is 2.51. The lowest BCUT2D eigenvalue weighted by Crippen LogP contribution is -2.23. The van der Waals surface area contributed by atoms with Gasteiger partial charge in [-0.1, -0.05) is 0 Å². The van der Waals surface area contributed by atoms with Gasteiger partial charge in [0.1, 0.15) is 11.7 Å². The quantitative estimate of drug-likeness (QED) is 0.691. The van der Waals surface area contributed by atoms with Crippen molar-refractivity contribution in [1.29, 1.82) is 0 Å². The summed E-state index contributed by atoms with van der Waals surface area (Å²) in [6.07, 6.45) is 3.37. The maximum atomic E-state index is 11.2. The number of aromatic nitrogens is 2. The molecule has 0 saturated heterocycles. The summed E-state index contributed by atoms with van der Waals surface area (Å²) in [5.74, 6) is 0. The van der Waals surface area contributed by atoms with Crippen molar-refractivity contribution in [3.8, 4) is 0 Å². The molecule has 0 aromatic carbocycles. The fourth-order valence-corrected chi connectivity index (χ4v) is 1.46. The monoisotopic (exact) mass is 208 g/mol. The molecule has 0 aliphatic carbocycles. The van der Waals surface area contributed by atoms with Crippen LogP contribution in [-0.4, -0.2) is 39.7 Å². The van der Waals surface area contributed by atoms with Gasteiger partial charge < -0.3 is 5.11 Å². The van der Waals surface area contributed by atoms with Gasteiger partial charge in [-0.3, -0.25) is 14.5 Å². The number of hydrazone groups is 1. The summed E-state index contributed by atoms with van der Waals surface area (Å²) < 4.78 is 1.64. The molecule has 0 spiro atoms. The number of nitrogens with zero attached hydrogens (tertiary/aromatic N) is 4. The molecule has 6 nitrogen and oxygen atoms in total. The lowest BCUT2D eigenvalue weighted by molar-refractivity contribution is 0.269. The largest absolute Gasteiger partial charge is 0.390 e. The SMILES string of the molecule is CN1CC(n2ccc(=O)c(CO)n2)C=N1. The van der Waals surface area contributed by atoms with Crippen LogP contribution in [0.4, 0.5) is 0 Å². The average Bonchev–Trinajstić information content (AvgIpc) is 2.66. The predicted molar refractivity (Wildman–Crippen MR) is 54.6 cm³/mol. The van der Waals surface area contributed by atoms with Gasteiger partial charge in [0.15, 0.2) is 0 Å². The van der Waals surface area contributed by atoms with E-state index >= 15 is 0 Å². The van der Waals surface area contributed by atoms with Gasteiger partial charge in [0.05, 0.1) is 19.4 Å². The molecule has 1 atom stereocenters. The van der Waals surface area contributed by atoms with E-state index in [1.165, 1.54) is 6.07 Å². The first kappa shape index (κ1) is 9.85. The second kappa shape index (κ2) is 3.82. The van der Waals surface area contributed by atoms with Crippen LogP contribution >= 0.6 is 0 Å². The Bertz CT molecular complexity index is 440. The summed E-state index contributed by atoms with van der Waals surface area (Å²) in [7, 11) is 1.87. The molecule has 1 aromatic heterocycles. The summed E-state index contributed by atoms with van der Waals surface area (Å²) in [4.78, 5) is 11.2. The summed E-state index contributed by atoms with van der Waals surface area (Å²) in [6.45, 7) is 0.389. The van der Waals surface area contributed by atoms with E-state index in [1.54, 1.807) is 22.1 Å². The van der Waals surface area contributed by atoms with Gasteiger partial charge >= 0.3 is 0 Å². The fourth-order valence-electron chi connectivity index (χ4n) is 1.46. The lowest BCUT2D eigenvalue weighted by atomic mass is 10.3. The first-order chi connectivity index (χ1) is 7.20. The second-order valence-electron chi connectivity index (χ2n) is 3.44. The Labute approximate surface area is 86.4 Å². The van der Waals surface area contributed by atoms with Crippen molar-refractivity contribution in [2.45, 2.75) is 12.6 Å². The van der Waals surface area contributed by atoms with E-state index in [0.29, 0.717) is 0 Å². The molecule has 1 N–H and O–H groups in total. The molecular weight excluding hydrogens is 196 g/mol. The fraction of sp³-hybridized carbons (Fsp3) is 0.444. The van der Waals surface area contributed by atoms with E-state index in [2.05, 4.69) is 10.2 Å². The third kappa shape index (κ3) is 1.89. The number of rotatable bonds is 2. The van der Waals surface area contributed by atoms with Crippen molar-refractivity contribution in [2.24, 2.45) is 5.10 Å². The number of hydrogen-bond donors (Lipinski definition) is 1. The van der Waals surface area contributed by atoms with Crippen LogP contribution in [0.25, 0.3) is 0 Å². The van der Waals surface area contributed by atoms with Crippen molar-refractivity contribution < 1.29 is 5.11 Å². The Morgan fingerprint density at radius 1 is 1.67 bits per heavy atom. The third-order valence-corrected chi connectivity index (χ3v) is 2.28. The van der Waals surface area contributed by atoms with Crippen molar-refractivity contribution in [2.75, 3.05) is 13.6 Å². The first-order valence-corrected chi connectivity index (χ1v) is 4.65. The first-order valence-electron chi connectivity index (χ1n) is 4.65. The molecule has 80 valence electrons. The van der Waals surface area contributed by atoms with Gasteiger partial charge in [0.25, 0.3) is 0 Å². The Balaban J connectivity index is 2.30. The van der Waals surface area contributed by atoms with E-state index in [1.807, 2.05) is 7.05 Å². The highest BCUT2D eigenvalue weighted by Gasteiger charge is 2.16. The van der Waals surface area contributed by atoms with Gasteiger partial charge in [-0.05, 0) is 0 Å². The average molecular weight is 208 g/mol. The summed E-state index contributed by atoms with van der Waals surface area (Å²) in [5.41, 5.74) is -0.0718. The van der Waals surface area contributed by atoms with Crippen LogP contribution in [0.1, 0.15) is 11.7 Å². The zero-order chi connectivity index (χ0) is 10.8. The molecule has 1 aromatic rings. The van der Waals surface area contributed by atoms with Gasteiger partial charge in [-0.2, -0.15) is 10.2 Å². The van der Waals surface area contributed by atoms with Crippen molar-refractivity contribution in [1.82, 2.24) is 14.8 Å². The van der Waals surface area contributed by atoms with E-state index in [9.17, 15) is 4.79 Å². The molecule has 2 rings (SSSR count). The number of hydrogen-bond acceptors (Lipinski definition) is 5. The second-order valence-corrected chi connectivity index (χ2v) is 3.44. The van der Waals surface area contributed by atoms with Gasteiger partial charge in [0, 0.05) is 19.3 Å². The van der Waals surface area contributed by atoms with Crippen LogP contribution in [-0.2, 0) is 6.61 Å². The summed E-state index contributed by atoms with van der Waals surface area (Å²) >= 11 is 0. The minimum absolute atomic E-state index is 0.0286. The highest BCUT2D eigenvalue weighted by Crippen LogP contribution is 2.09. The van der Waals surface area contributed by atoms with Crippen LogP contribution in [0.2, 0.25) is 0 Å². The molecule has 1 aliphatic heterocycles. The topological polar surface area (TPSA) is 70.7 Å². The molecular formula is C9H12N4O2. The highest BCUT2D eigenvalue weighted by atomic mass is 16.3. The van der Waals surface area contributed by atoms with E-state index in [-0.39, 0.29) is 23.8 Å². The minimum Gasteiger partial charge on any atom is -0.390 e. The van der Waals surface area contributed by atoms with Crippen LogP contribution in [0, 0.1) is 0 Å². The molecule has 1 unspecified atom stereocenters. The standard InChI is InChI=1S/C9H12N4O2/c1-12-5-7(4-10-12)13-3-2-9(15)8(6-14)11-13/h2-4,7,14H,5-6H2,1H3. The zero-order valence-corrected chi connectivity index (χ0v) is 8.37. The van der Waals surface area contributed by atoms with Gasteiger partial charge in [0.2, 0.25) is 5.43 Å². The molecule has 1 aliphatic rings. The maximum Gasteiger partial charge on any atom is 0.205 e. The zero-order valence-electron chi connectivity index (χ0n) is 8.37. The molecule has 0 bridgehead atoms. The molecule has 0 amide bonds. The Hall–Kier alpha value is -1.69. The molecule has 0 fully saturated rings. The smallest absolute Gasteiger partial charge is 0.205 e. The number of aliphatic hydroxyl groups excluding tert-OH is 1. The summed E-state index contributed by atoms with van der Waals surface area (Å²) in [6, 6.07) is 1.44. The predicted octanol–water partition coefficient (Wildman–Crippen LogP) is -0.792. The third-order valence-electron chi connectivity index (χ3n) is 2.28. The Morgan fingerprint density at radius 3 is 3.07 bits per heavy atom. The number of aliphatic hydroxyl groups is 1. The lowest BCUT2D eigenvalue weighted by Gasteiger charge is -2.12. The van der Waals surface area contributed by atoms with Gasteiger partial charge in [-0.15, -0.1) is 0 Å². The van der Waals surface area contributed by atoms with Crippen LogP contribution in [0.3, 0.4) is 0 Å². The van der Waals surface area contributed by atoms with Gasteiger partial charge in [-0.25, -0.2) is 0 Å². The normalized spacial score (nSPS) is 19.9. The molecule has 0 saturated carbocycles. The Morgan fingerprint density at radius 2 is 2.47 bits per heavy atom. The van der Waals surface area contributed by atoms with E-state index < -0.39 is 0 Å². The van der Waals surface area contributed by atoms with Crippen LogP contribution < -0.4 is 5.43 Å². The summed E-state index contributed by atoms with van der Waals surface area (Å²) in [5, 5.41) is 18.8. The van der Waals surface area contributed by atoms with E-state index in [4.69, 9.17) is 5.11 Å². The maximum absolute atomic E-state index is 11.2. The van der Waals surface area contributed by atoms with Crippen molar-refractivity contribution in [3.63, 3.8) is 0 Å². The molecule has 15 heavy (non-hydrogen) atoms. The number of likely N-dealkylation sites (N-methyl/N-ethyl adjacent to an activating group) is 1. The molecule has 2 heterocycles.